The van der Waals surface area contributed by atoms with E-state index in [-0.39, 0.29) is 30.3 Å². The Morgan fingerprint density at radius 1 is 1.45 bits per heavy atom. The number of rotatable bonds is 1. The Bertz CT molecular complexity index is 222. The topological polar surface area (TPSA) is 46.2 Å². The summed E-state index contributed by atoms with van der Waals surface area (Å²) in [5.41, 5.74) is 5.32. The van der Waals surface area contributed by atoms with E-state index in [4.69, 9.17) is 10.8 Å². The van der Waals surface area contributed by atoms with E-state index in [1.54, 1.807) is 0 Å². The lowest BCUT2D eigenvalue weighted by Gasteiger charge is -2.00. The third-order valence-electron chi connectivity index (χ3n) is 1.30. The SMILES string of the molecule is Cl.NCc1c(O)cccc1F. The van der Waals surface area contributed by atoms with Crippen LogP contribution in [-0.2, 0) is 6.54 Å². The van der Waals surface area contributed by atoms with Crippen LogP contribution < -0.4 is 5.73 Å². The van der Waals surface area contributed by atoms with Crippen LogP contribution in [0.3, 0.4) is 0 Å². The number of phenolic OH excluding ortho intramolecular Hbond substituents is 1. The molecule has 0 fully saturated rings. The molecule has 0 saturated heterocycles. The van der Waals surface area contributed by atoms with E-state index >= 15 is 0 Å². The molecule has 0 heterocycles. The number of hydrogen-bond donors (Lipinski definition) is 2. The van der Waals surface area contributed by atoms with Crippen LogP contribution in [0.2, 0.25) is 0 Å². The molecule has 0 bridgehead atoms. The van der Waals surface area contributed by atoms with E-state index in [2.05, 4.69) is 0 Å². The molecule has 0 atom stereocenters. The molecule has 3 N–H and O–H groups in total. The Balaban J connectivity index is 0.000001000. The van der Waals surface area contributed by atoms with E-state index in [1.807, 2.05) is 0 Å². The van der Waals surface area contributed by atoms with Gasteiger partial charge in [0, 0.05) is 12.1 Å². The Hall–Kier alpha value is -0.800. The first-order valence-corrected chi connectivity index (χ1v) is 2.92. The van der Waals surface area contributed by atoms with E-state index in [9.17, 15) is 4.39 Å². The molecule has 0 spiro atoms. The van der Waals surface area contributed by atoms with Crippen LogP contribution in [0.1, 0.15) is 5.56 Å². The maximum absolute atomic E-state index is 12.6. The maximum Gasteiger partial charge on any atom is 0.131 e. The molecule has 11 heavy (non-hydrogen) atoms. The van der Waals surface area contributed by atoms with Crippen molar-refractivity contribution in [2.45, 2.75) is 6.54 Å². The van der Waals surface area contributed by atoms with Gasteiger partial charge >= 0.3 is 0 Å². The highest BCUT2D eigenvalue weighted by Crippen LogP contribution is 2.18. The summed E-state index contributed by atoms with van der Waals surface area (Å²) in [6.07, 6.45) is 0. The van der Waals surface area contributed by atoms with Crippen molar-refractivity contribution in [3.63, 3.8) is 0 Å². The Kier molecular flexibility index (Phi) is 3.85. The second-order valence-electron chi connectivity index (χ2n) is 1.94. The summed E-state index contributed by atoms with van der Waals surface area (Å²) in [7, 11) is 0. The quantitative estimate of drug-likeness (QED) is 0.682. The van der Waals surface area contributed by atoms with Gasteiger partial charge in [0.2, 0.25) is 0 Å². The van der Waals surface area contributed by atoms with Gasteiger partial charge in [0.15, 0.2) is 0 Å². The van der Waals surface area contributed by atoms with Crippen molar-refractivity contribution in [1.29, 1.82) is 0 Å². The van der Waals surface area contributed by atoms with Gasteiger partial charge in [-0.05, 0) is 12.1 Å². The highest BCUT2D eigenvalue weighted by molar-refractivity contribution is 5.85. The van der Waals surface area contributed by atoms with Gasteiger partial charge in [0.25, 0.3) is 0 Å². The van der Waals surface area contributed by atoms with Crippen LogP contribution in [0.5, 0.6) is 5.75 Å². The van der Waals surface area contributed by atoms with Gasteiger partial charge in [-0.2, -0.15) is 0 Å². The fourth-order valence-corrected chi connectivity index (χ4v) is 0.749. The molecule has 0 aliphatic carbocycles. The van der Waals surface area contributed by atoms with Crippen molar-refractivity contribution in [3.05, 3.63) is 29.6 Å². The van der Waals surface area contributed by atoms with E-state index in [0.29, 0.717) is 0 Å². The summed E-state index contributed by atoms with van der Waals surface area (Å²) in [6, 6.07) is 4.11. The molecule has 2 nitrogen and oxygen atoms in total. The predicted molar refractivity (Wildman–Crippen MR) is 43.2 cm³/mol. The van der Waals surface area contributed by atoms with Gasteiger partial charge in [-0.1, -0.05) is 6.07 Å². The van der Waals surface area contributed by atoms with Crippen LogP contribution in [-0.4, -0.2) is 5.11 Å². The van der Waals surface area contributed by atoms with Crippen molar-refractivity contribution < 1.29 is 9.50 Å². The molecule has 0 unspecified atom stereocenters. The lowest BCUT2D eigenvalue weighted by atomic mass is 10.2. The van der Waals surface area contributed by atoms with Gasteiger partial charge in [-0.15, -0.1) is 12.4 Å². The predicted octanol–water partition coefficient (Wildman–Crippen LogP) is 1.41. The Labute approximate surface area is 70.2 Å². The van der Waals surface area contributed by atoms with Crippen molar-refractivity contribution in [2.75, 3.05) is 0 Å². The lowest BCUT2D eigenvalue weighted by Crippen LogP contribution is -1.99. The first-order valence-electron chi connectivity index (χ1n) is 2.92. The first kappa shape index (κ1) is 10.2. The van der Waals surface area contributed by atoms with E-state index in [0.717, 1.165) is 0 Å². The third-order valence-corrected chi connectivity index (χ3v) is 1.30. The monoisotopic (exact) mass is 177 g/mol. The number of benzene rings is 1. The minimum absolute atomic E-state index is 0. The van der Waals surface area contributed by atoms with Crippen molar-refractivity contribution in [3.8, 4) is 5.75 Å². The zero-order chi connectivity index (χ0) is 7.56. The Morgan fingerprint density at radius 3 is 2.45 bits per heavy atom. The molecule has 0 aromatic heterocycles. The number of phenols is 1. The molecular formula is C7H9ClFNO. The molecule has 1 rings (SSSR count). The van der Waals surface area contributed by atoms with Gasteiger partial charge < -0.3 is 10.8 Å². The van der Waals surface area contributed by atoms with Crippen LogP contribution in [0.15, 0.2) is 18.2 Å². The summed E-state index contributed by atoms with van der Waals surface area (Å²) in [5, 5.41) is 8.97. The van der Waals surface area contributed by atoms with Crippen LogP contribution in [0, 0.1) is 5.82 Å². The van der Waals surface area contributed by atoms with Crippen LogP contribution in [0.4, 0.5) is 4.39 Å². The average Bonchev–Trinajstić information content (AvgIpc) is 1.88. The second kappa shape index (κ2) is 4.16. The van der Waals surface area contributed by atoms with Gasteiger partial charge in [0.1, 0.15) is 11.6 Å². The summed E-state index contributed by atoms with van der Waals surface area (Å²) in [4.78, 5) is 0. The summed E-state index contributed by atoms with van der Waals surface area (Å²) in [5.74, 6) is -0.537. The molecule has 0 amide bonds. The smallest absolute Gasteiger partial charge is 0.131 e. The van der Waals surface area contributed by atoms with Gasteiger partial charge in [-0.25, -0.2) is 4.39 Å². The number of nitrogens with two attached hydrogens (primary N) is 1. The van der Waals surface area contributed by atoms with E-state index < -0.39 is 5.82 Å². The van der Waals surface area contributed by atoms with Gasteiger partial charge in [-0.3, -0.25) is 0 Å². The van der Waals surface area contributed by atoms with Crippen molar-refractivity contribution in [1.82, 2.24) is 0 Å². The molecule has 0 radical (unpaired) electrons. The number of halogens is 2. The average molecular weight is 178 g/mol. The zero-order valence-corrected chi connectivity index (χ0v) is 6.57. The summed E-state index contributed by atoms with van der Waals surface area (Å²) < 4.78 is 12.6. The minimum Gasteiger partial charge on any atom is -0.508 e. The van der Waals surface area contributed by atoms with Gasteiger partial charge in [0.05, 0.1) is 0 Å². The summed E-state index contributed by atoms with van der Waals surface area (Å²) >= 11 is 0. The number of aromatic hydroxyl groups is 1. The highest BCUT2D eigenvalue weighted by atomic mass is 35.5. The molecule has 0 aliphatic heterocycles. The van der Waals surface area contributed by atoms with Crippen molar-refractivity contribution >= 4 is 12.4 Å². The van der Waals surface area contributed by atoms with Crippen molar-refractivity contribution in [2.24, 2.45) is 5.73 Å². The third kappa shape index (κ3) is 2.06. The highest BCUT2D eigenvalue weighted by Gasteiger charge is 2.03. The molecule has 4 heteroatoms. The fraction of sp³-hybridized carbons (Fsp3) is 0.143. The standard InChI is InChI=1S/C7H8FNO.ClH/c8-6-2-1-3-7(10)5(6)4-9;/h1-3,10H,4,9H2;1H. The van der Waals surface area contributed by atoms with Crippen LogP contribution in [0.25, 0.3) is 0 Å². The van der Waals surface area contributed by atoms with E-state index in [1.165, 1.54) is 18.2 Å². The molecule has 0 saturated carbocycles. The Morgan fingerprint density at radius 2 is 2.09 bits per heavy atom. The largest absolute Gasteiger partial charge is 0.508 e. The molecule has 1 aromatic rings. The lowest BCUT2D eigenvalue weighted by molar-refractivity contribution is 0.459. The molecule has 1 aromatic carbocycles. The molecule has 0 aliphatic rings. The molecular weight excluding hydrogens is 169 g/mol. The summed E-state index contributed by atoms with van der Waals surface area (Å²) in [6.45, 7) is 0.0263. The maximum atomic E-state index is 12.6. The van der Waals surface area contributed by atoms with Crippen LogP contribution >= 0.6 is 12.4 Å². The first-order chi connectivity index (χ1) is 4.75. The fourth-order valence-electron chi connectivity index (χ4n) is 0.749. The zero-order valence-electron chi connectivity index (χ0n) is 5.75. The number of hydrogen-bond acceptors (Lipinski definition) is 2. The minimum atomic E-state index is -0.456. The normalized spacial score (nSPS) is 8.91. The second-order valence-corrected chi connectivity index (χ2v) is 1.94. The molecule has 62 valence electrons.